The lowest BCUT2D eigenvalue weighted by Crippen LogP contribution is -2.12. The van der Waals surface area contributed by atoms with Crippen molar-refractivity contribution in [2.45, 2.75) is 0 Å². The molecule has 0 bridgehead atoms. The second-order valence-electron chi connectivity index (χ2n) is 6.50. The topological polar surface area (TPSA) is 63.2 Å². The lowest BCUT2D eigenvalue weighted by Gasteiger charge is -2.11. The van der Waals surface area contributed by atoms with Crippen LogP contribution in [-0.2, 0) is 0 Å². The first-order chi connectivity index (χ1) is 14.5. The highest BCUT2D eigenvalue weighted by molar-refractivity contribution is 6.31. The molecule has 0 saturated carbocycles. The lowest BCUT2D eigenvalue weighted by atomic mass is 10.0. The summed E-state index contributed by atoms with van der Waals surface area (Å²) in [6, 6.07) is 18.5. The molecule has 3 aromatic carbocycles. The van der Waals surface area contributed by atoms with E-state index in [4.69, 9.17) is 16.3 Å². The van der Waals surface area contributed by atoms with Gasteiger partial charge in [0.2, 0.25) is 0 Å². The number of rotatable bonds is 5. The molecule has 150 valence electrons. The van der Waals surface area contributed by atoms with Gasteiger partial charge in [-0.1, -0.05) is 23.7 Å². The van der Waals surface area contributed by atoms with Crippen molar-refractivity contribution in [2.24, 2.45) is 0 Å². The summed E-state index contributed by atoms with van der Waals surface area (Å²) in [5.41, 5.74) is 0.905. The van der Waals surface area contributed by atoms with Crippen LogP contribution in [0.15, 0.2) is 72.9 Å². The van der Waals surface area contributed by atoms with E-state index in [1.165, 1.54) is 18.2 Å². The molecule has 7 heteroatoms. The first-order valence-corrected chi connectivity index (χ1v) is 9.52. The van der Waals surface area contributed by atoms with Gasteiger partial charge < -0.3 is 15.4 Å². The fraction of sp³-hybridized carbons (Fsp3) is 0.0435. The van der Waals surface area contributed by atoms with Crippen LogP contribution >= 0.6 is 11.6 Å². The molecule has 1 amide bonds. The third-order valence-corrected chi connectivity index (χ3v) is 4.79. The van der Waals surface area contributed by atoms with Crippen LogP contribution in [0.2, 0.25) is 5.02 Å². The molecule has 4 rings (SSSR count). The van der Waals surface area contributed by atoms with E-state index in [-0.39, 0.29) is 10.9 Å². The van der Waals surface area contributed by atoms with E-state index >= 15 is 0 Å². The fourth-order valence-electron chi connectivity index (χ4n) is 3.04. The van der Waals surface area contributed by atoms with Gasteiger partial charge in [-0.3, -0.25) is 4.79 Å². The number of carbonyl (C=O) groups excluding carboxylic acids is 1. The summed E-state index contributed by atoms with van der Waals surface area (Å²) < 4.78 is 19.3. The average Bonchev–Trinajstić information content (AvgIpc) is 2.76. The number of amides is 1. The summed E-state index contributed by atoms with van der Waals surface area (Å²) in [4.78, 5) is 16.9. The smallest absolute Gasteiger partial charge is 0.256 e. The third-order valence-electron chi connectivity index (χ3n) is 4.50. The summed E-state index contributed by atoms with van der Waals surface area (Å²) >= 11 is 5.79. The molecule has 1 heterocycles. The highest BCUT2D eigenvalue weighted by atomic mass is 35.5. The van der Waals surface area contributed by atoms with Gasteiger partial charge >= 0.3 is 0 Å². The van der Waals surface area contributed by atoms with Crippen molar-refractivity contribution >= 4 is 39.8 Å². The first-order valence-electron chi connectivity index (χ1n) is 9.14. The Morgan fingerprint density at radius 3 is 2.67 bits per heavy atom. The number of nitrogens with one attached hydrogen (secondary N) is 2. The van der Waals surface area contributed by atoms with Crippen LogP contribution in [-0.4, -0.2) is 17.9 Å². The average molecular weight is 422 g/mol. The van der Waals surface area contributed by atoms with Crippen LogP contribution in [0.1, 0.15) is 10.4 Å². The van der Waals surface area contributed by atoms with Gasteiger partial charge in [0.25, 0.3) is 5.91 Å². The van der Waals surface area contributed by atoms with Crippen molar-refractivity contribution < 1.29 is 13.9 Å². The van der Waals surface area contributed by atoms with Crippen LogP contribution in [0.25, 0.3) is 10.8 Å². The van der Waals surface area contributed by atoms with Gasteiger partial charge in [-0.15, -0.1) is 0 Å². The predicted octanol–water partition coefficient (Wildman–Crippen LogP) is 6.11. The molecule has 30 heavy (non-hydrogen) atoms. The van der Waals surface area contributed by atoms with Crippen LogP contribution in [0.5, 0.6) is 11.5 Å². The maximum atomic E-state index is 13.3. The number of pyridine rings is 1. The second kappa shape index (κ2) is 8.39. The molecule has 0 aliphatic rings. The molecule has 0 radical (unpaired) electrons. The SMILES string of the molecule is CNc1cc(Oc2ccc3c(C(=O)Nc4ccc(F)c(Cl)c4)cccc3c2)ccn1. The largest absolute Gasteiger partial charge is 0.457 e. The van der Waals surface area contributed by atoms with Crippen molar-refractivity contribution in [3.05, 3.63) is 89.3 Å². The van der Waals surface area contributed by atoms with Crippen molar-refractivity contribution in [3.63, 3.8) is 0 Å². The minimum Gasteiger partial charge on any atom is -0.457 e. The number of aromatic nitrogens is 1. The molecular formula is C23H17ClFN3O2. The van der Waals surface area contributed by atoms with Crippen molar-refractivity contribution in [1.29, 1.82) is 0 Å². The van der Waals surface area contributed by atoms with Gasteiger partial charge in [0, 0.05) is 30.6 Å². The number of benzene rings is 3. The van der Waals surface area contributed by atoms with Gasteiger partial charge in [0.15, 0.2) is 0 Å². The molecule has 0 aliphatic carbocycles. The molecule has 4 aromatic rings. The highest BCUT2D eigenvalue weighted by Gasteiger charge is 2.12. The summed E-state index contributed by atoms with van der Waals surface area (Å²) in [7, 11) is 1.79. The summed E-state index contributed by atoms with van der Waals surface area (Å²) in [5.74, 6) is 1.13. The Bertz CT molecular complexity index is 1250. The molecule has 0 fully saturated rings. The quantitative estimate of drug-likeness (QED) is 0.408. The van der Waals surface area contributed by atoms with E-state index in [1.807, 2.05) is 18.2 Å². The van der Waals surface area contributed by atoms with Crippen molar-refractivity contribution in [1.82, 2.24) is 4.98 Å². The maximum Gasteiger partial charge on any atom is 0.256 e. The van der Waals surface area contributed by atoms with E-state index in [0.717, 1.165) is 10.8 Å². The Morgan fingerprint density at radius 1 is 1.03 bits per heavy atom. The Morgan fingerprint density at radius 2 is 1.87 bits per heavy atom. The van der Waals surface area contributed by atoms with Gasteiger partial charge in [-0.25, -0.2) is 9.37 Å². The fourth-order valence-corrected chi connectivity index (χ4v) is 3.22. The van der Waals surface area contributed by atoms with Crippen LogP contribution in [0, 0.1) is 5.82 Å². The molecule has 5 nitrogen and oxygen atoms in total. The molecule has 2 N–H and O–H groups in total. The van der Waals surface area contributed by atoms with Gasteiger partial charge in [0.1, 0.15) is 23.1 Å². The Labute approximate surface area is 177 Å². The zero-order valence-corrected chi connectivity index (χ0v) is 16.7. The number of fused-ring (bicyclic) bond motifs is 1. The van der Waals surface area contributed by atoms with E-state index in [0.29, 0.717) is 28.6 Å². The number of ether oxygens (including phenoxy) is 1. The molecule has 0 aliphatic heterocycles. The Kier molecular flexibility index (Phi) is 5.50. The van der Waals surface area contributed by atoms with Gasteiger partial charge in [-0.05, 0) is 59.3 Å². The predicted molar refractivity (Wildman–Crippen MR) is 117 cm³/mol. The Hall–Kier alpha value is -3.64. The van der Waals surface area contributed by atoms with Crippen LogP contribution in [0.3, 0.4) is 0 Å². The maximum absolute atomic E-state index is 13.3. The summed E-state index contributed by atoms with van der Waals surface area (Å²) in [6.45, 7) is 0. The first kappa shape index (κ1) is 19.7. The molecular weight excluding hydrogens is 405 g/mol. The Balaban J connectivity index is 1.60. The number of hydrogen-bond donors (Lipinski definition) is 2. The molecule has 0 saturated heterocycles. The van der Waals surface area contributed by atoms with Crippen LogP contribution < -0.4 is 15.4 Å². The molecule has 1 aromatic heterocycles. The summed E-state index contributed by atoms with van der Waals surface area (Å²) in [6.07, 6.45) is 1.66. The number of nitrogens with zero attached hydrogens (tertiary/aromatic N) is 1. The monoisotopic (exact) mass is 421 g/mol. The molecule has 0 unspecified atom stereocenters. The van der Waals surface area contributed by atoms with Crippen molar-refractivity contribution in [2.75, 3.05) is 17.7 Å². The van der Waals surface area contributed by atoms with Crippen molar-refractivity contribution in [3.8, 4) is 11.5 Å². The zero-order chi connectivity index (χ0) is 21.1. The third kappa shape index (κ3) is 4.18. The van der Waals surface area contributed by atoms with Crippen LogP contribution in [0.4, 0.5) is 15.9 Å². The zero-order valence-electron chi connectivity index (χ0n) is 15.9. The standard InChI is InChI=1S/C23H17ClFN3O2/c1-26-22-13-17(9-10-27-22)30-16-6-7-18-14(11-16)3-2-4-19(18)23(29)28-15-5-8-21(25)20(24)12-15/h2-13H,1H3,(H,26,27)(H,28,29). The molecule has 0 atom stereocenters. The number of halogens is 2. The number of hydrogen-bond acceptors (Lipinski definition) is 4. The minimum atomic E-state index is -0.539. The van der Waals surface area contributed by atoms with Gasteiger partial charge in [-0.2, -0.15) is 0 Å². The summed E-state index contributed by atoms with van der Waals surface area (Å²) in [5, 5.41) is 7.28. The number of carbonyl (C=O) groups is 1. The van der Waals surface area contributed by atoms with Gasteiger partial charge in [0.05, 0.1) is 5.02 Å². The second-order valence-corrected chi connectivity index (χ2v) is 6.91. The van der Waals surface area contributed by atoms with E-state index in [1.54, 1.807) is 43.6 Å². The van der Waals surface area contributed by atoms with E-state index in [2.05, 4.69) is 15.6 Å². The molecule has 0 spiro atoms. The number of anilines is 2. The van der Waals surface area contributed by atoms with E-state index < -0.39 is 5.82 Å². The highest BCUT2D eigenvalue weighted by Crippen LogP contribution is 2.29. The lowest BCUT2D eigenvalue weighted by molar-refractivity contribution is 0.102. The minimum absolute atomic E-state index is 0.0509. The van der Waals surface area contributed by atoms with E-state index in [9.17, 15) is 9.18 Å². The normalized spacial score (nSPS) is 10.6.